The van der Waals surface area contributed by atoms with Crippen molar-refractivity contribution >= 4 is 5.91 Å². The molecule has 24 heavy (non-hydrogen) atoms. The molecule has 0 unspecified atom stereocenters. The number of aromatic nitrogens is 2. The third-order valence-corrected chi connectivity index (χ3v) is 4.46. The molecule has 1 aliphatic heterocycles. The van der Waals surface area contributed by atoms with E-state index in [0.717, 1.165) is 11.5 Å². The van der Waals surface area contributed by atoms with Gasteiger partial charge in [-0.25, -0.2) is 9.37 Å². The largest absolute Gasteiger partial charge is 0.367 e. The van der Waals surface area contributed by atoms with Crippen molar-refractivity contribution < 1.29 is 13.9 Å². The van der Waals surface area contributed by atoms with Crippen molar-refractivity contribution in [3.8, 4) is 0 Å². The summed E-state index contributed by atoms with van der Waals surface area (Å²) < 4.78 is 19.3. The standard InChI is InChI=1S/C18H22FN3O2/c1-12-10-20-16(21-12)15-11-22(7-8-24-15)17(23)18(2,3)13-5-4-6-14(19)9-13/h4-6,9-10,15H,7-8,11H2,1-3H3,(H,20,21)/t15-/m0/s1. The Bertz CT molecular complexity index is 741. The van der Waals surface area contributed by atoms with E-state index in [-0.39, 0.29) is 17.8 Å². The Morgan fingerprint density at radius 2 is 2.25 bits per heavy atom. The predicted octanol–water partition coefficient (Wildman–Crippen LogP) is 2.73. The Labute approximate surface area is 140 Å². The van der Waals surface area contributed by atoms with Gasteiger partial charge < -0.3 is 14.6 Å². The van der Waals surface area contributed by atoms with E-state index in [0.29, 0.717) is 25.3 Å². The molecule has 1 aliphatic rings. The van der Waals surface area contributed by atoms with Crippen molar-refractivity contribution in [1.82, 2.24) is 14.9 Å². The van der Waals surface area contributed by atoms with E-state index >= 15 is 0 Å². The van der Waals surface area contributed by atoms with Gasteiger partial charge in [0.05, 0.1) is 18.6 Å². The van der Waals surface area contributed by atoms with Gasteiger partial charge in [0, 0.05) is 18.4 Å². The summed E-state index contributed by atoms with van der Waals surface area (Å²) in [6.07, 6.45) is 1.48. The first kappa shape index (κ1) is 16.6. The fourth-order valence-corrected chi connectivity index (χ4v) is 2.99. The summed E-state index contributed by atoms with van der Waals surface area (Å²) in [5.41, 5.74) is 0.824. The molecule has 1 aromatic heterocycles. The number of halogens is 1. The van der Waals surface area contributed by atoms with Crippen molar-refractivity contribution in [2.24, 2.45) is 0 Å². The van der Waals surface area contributed by atoms with Crippen molar-refractivity contribution in [3.63, 3.8) is 0 Å². The van der Waals surface area contributed by atoms with Crippen LogP contribution in [0.1, 0.15) is 37.0 Å². The van der Waals surface area contributed by atoms with E-state index in [9.17, 15) is 9.18 Å². The molecule has 1 atom stereocenters. The fraction of sp³-hybridized carbons (Fsp3) is 0.444. The number of imidazole rings is 1. The van der Waals surface area contributed by atoms with Gasteiger partial charge in [0.1, 0.15) is 17.7 Å². The minimum Gasteiger partial charge on any atom is -0.367 e. The quantitative estimate of drug-likeness (QED) is 0.941. The highest BCUT2D eigenvalue weighted by atomic mass is 19.1. The minimum atomic E-state index is -0.803. The molecule has 1 fully saturated rings. The van der Waals surface area contributed by atoms with Crippen LogP contribution in [0.4, 0.5) is 4.39 Å². The zero-order valence-corrected chi connectivity index (χ0v) is 14.2. The molecule has 5 nitrogen and oxygen atoms in total. The number of carbonyl (C=O) groups is 1. The normalized spacial score (nSPS) is 18.7. The third kappa shape index (κ3) is 3.19. The molecule has 0 radical (unpaired) electrons. The molecule has 6 heteroatoms. The van der Waals surface area contributed by atoms with E-state index in [1.807, 2.05) is 20.8 Å². The van der Waals surface area contributed by atoms with Crippen molar-refractivity contribution in [2.45, 2.75) is 32.3 Å². The van der Waals surface area contributed by atoms with Gasteiger partial charge >= 0.3 is 0 Å². The van der Waals surface area contributed by atoms with E-state index in [2.05, 4.69) is 9.97 Å². The number of nitrogens with zero attached hydrogens (tertiary/aromatic N) is 2. The Morgan fingerprint density at radius 1 is 1.46 bits per heavy atom. The number of benzene rings is 1. The average Bonchev–Trinajstić information content (AvgIpc) is 3.01. The van der Waals surface area contributed by atoms with Crippen LogP contribution in [0, 0.1) is 12.7 Å². The van der Waals surface area contributed by atoms with Crippen molar-refractivity contribution in [3.05, 3.63) is 53.4 Å². The lowest BCUT2D eigenvalue weighted by atomic mass is 9.83. The van der Waals surface area contributed by atoms with Gasteiger partial charge in [-0.2, -0.15) is 0 Å². The summed E-state index contributed by atoms with van der Waals surface area (Å²) in [6, 6.07) is 6.22. The van der Waals surface area contributed by atoms with E-state index in [4.69, 9.17) is 4.74 Å². The molecule has 0 bridgehead atoms. The van der Waals surface area contributed by atoms with Crippen LogP contribution in [0.2, 0.25) is 0 Å². The molecule has 0 aliphatic carbocycles. The Morgan fingerprint density at radius 3 is 2.92 bits per heavy atom. The smallest absolute Gasteiger partial charge is 0.232 e. The van der Waals surface area contributed by atoms with Gasteiger partial charge in [-0.3, -0.25) is 4.79 Å². The highest BCUT2D eigenvalue weighted by Crippen LogP contribution is 2.29. The summed E-state index contributed by atoms with van der Waals surface area (Å²) in [6.45, 7) is 6.99. The maximum Gasteiger partial charge on any atom is 0.232 e. The number of aromatic amines is 1. The van der Waals surface area contributed by atoms with Crippen LogP contribution < -0.4 is 0 Å². The summed E-state index contributed by atoms with van der Waals surface area (Å²) in [5.74, 6) is 0.359. The summed E-state index contributed by atoms with van der Waals surface area (Å²) in [4.78, 5) is 22.3. The number of ether oxygens (including phenoxy) is 1. The zero-order valence-electron chi connectivity index (χ0n) is 14.2. The van der Waals surface area contributed by atoms with Crippen molar-refractivity contribution in [1.29, 1.82) is 0 Å². The molecule has 1 N–H and O–H groups in total. The monoisotopic (exact) mass is 331 g/mol. The SMILES string of the molecule is Cc1cnc([C@@H]2CN(C(=O)C(C)(C)c3cccc(F)c3)CCO2)[nH]1. The molecule has 128 valence electrons. The highest BCUT2D eigenvalue weighted by molar-refractivity contribution is 5.87. The van der Waals surface area contributed by atoms with Crippen LogP contribution in [0.3, 0.4) is 0 Å². The predicted molar refractivity (Wildman–Crippen MR) is 88.0 cm³/mol. The van der Waals surface area contributed by atoms with Crippen LogP contribution >= 0.6 is 0 Å². The second-order valence-electron chi connectivity index (χ2n) is 6.70. The molecule has 1 aromatic carbocycles. The lowest BCUT2D eigenvalue weighted by molar-refractivity contribution is -0.144. The Kier molecular flexibility index (Phi) is 4.41. The maximum absolute atomic E-state index is 13.5. The van der Waals surface area contributed by atoms with Gasteiger partial charge in [0.15, 0.2) is 0 Å². The van der Waals surface area contributed by atoms with E-state index < -0.39 is 5.41 Å². The number of morpholine rings is 1. The third-order valence-electron chi connectivity index (χ3n) is 4.46. The summed E-state index contributed by atoms with van der Waals surface area (Å²) in [5, 5.41) is 0. The molecule has 1 amide bonds. The van der Waals surface area contributed by atoms with Gasteiger partial charge in [-0.15, -0.1) is 0 Å². The van der Waals surface area contributed by atoms with Gasteiger partial charge in [-0.1, -0.05) is 12.1 Å². The second-order valence-corrected chi connectivity index (χ2v) is 6.70. The molecule has 3 rings (SSSR count). The molecular formula is C18H22FN3O2. The zero-order chi connectivity index (χ0) is 17.3. The second kappa shape index (κ2) is 6.36. The summed E-state index contributed by atoms with van der Waals surface area (Å²) >= 11 is 0. The van der Waals surface area contributed by atoms with E-state index in [1.165, 1.54) is 12.1 Å². The first-order valence-electron chi connectivity index (χ1n) is 8.06. The lowest BCUT2D eigenvalue weighted by Crippen LogP contribution is -2.49. The molecule has 0 spiro atoms. The van der Waals surface area contributed by atoms with Crippen molar-refractivity contribution in [2.75, 3.05) is 19.7 Å². The number of aryl methyl sites for hydroxylation is 1. The molecule has 2 aromatic rings. The van der Waals surface area contributed by atoms with Crippen LogP contribution in [-0.2, 0) is 14.9 Å². The fourth-order valence-electron chi connectivity index (χ4n) is 2.99. The average molecular weight is 331 g/mol. The number of rotatable bonds is 3. The Balaban J connectivity index is 1.78. The number of carbonyl (C=O) groups excluding carboxylic acids is 1. The van der Waals surface area contributed by atoms with Gasteiger partial charge in [0.25, 0.3) is 0 Å². The van der Waals surface area contributed by atoms with Gasteiger partial charge in [-0.05, 0) is 38.5 Å². The first-order valence-corrected chi connectivity index (χ1v) is 8.06. The maximum atomic E-state index is 13.5. The van der Waals surface area contributed by atoms with Crippen LogP contribution in [0.25, 0.3) is 0 Å². The molecule has 0 saturated carbocycles. The summed E-state index contributed by atoms with van der Waals surface area (Å²) in [7, 11) is 0. The lowest BCUT2D eigenvalue weighted by Gasteiger charge is -2.37. The molecule has 2 heterocycles. The Hall–Kier alpha value is -2.21. The van der Waals surface area contributed by atoms with Crippen LogP contribution in [0.5, 0.6) is 0 Å². The molecule has 1 saturated heterocycles. The first-order chi connectivity index (χ1) is 11.4. The number of hydrogen-bond donors (Lipinski definition) is 1. The number of H-pyrrole nitrogens is 1. The number of amides is 1. The van der Waals surface area contributed by atoms with E-state index in [1.54, 1.807) is 23.2 Å². The number of nitrogens with one attached hydrogen (secondary N) is 1. The number of hydrogen-bond acceptors (Lipinski definition) is 3. The topological polar surface area (TPSA) is 58.2 Å². The van der Waals surface area contributed by atoms with Crippen LogP contribution in [0.15, 0.2) is 30.5 Å². The highest BCUT2D eigenvalue weighted by Gasteiger charge is 2.37. The van der Waals surface area contributed by atoms with Gasteiger partial charge in [0.2, 0.25) is 5.91 Å². The minimum absolute atomic E-state index is 0.0373. The van der Waals surface area contributed by atoms with Crippen LogP contribution in [-0.4, -0.2) is 40.5 Å². The molecular weight excluding hydrogens is 309 g/mol.